The third kappa shape index (κ3) is 4.36. The standard InChI is InChI=1S/C27H32N10O/c1-18-13-24(34-33-18)30-23-15-25(36-11-7-27(8-12-36)16-28-17-27)32-26(31-23)37-10-4-6-21(37)22-14-20(35-38-22)19-5-2-3-9-29-19/h2-3,5,9,13-15,21,28H,4,6-8,10-12,16-17H2,1H3,(H2,30,31,32,33,34). The number of rotatable bonds is 6. The summed E-state index contributed by atoms with van der Waals surface area (Å²) in [5.74, 6) is 3.93. The number of aromatic amines is 1. The normalized spacial score (nSPS) is 20.6. The fraction of sp³-hybridized carbons (Fsp3) is 0.444. The van der Waals surface area contributed by atoms with Gasteiger partial charge in [0, 0.05) is 62.8 Å². The molecule has 38 heavy (non-hydrogen) atoms. The number of aromatic nitrogens is 6. The van der Waals surface area contributed by atoms with E-state index in [4.69, 9.17) is 14.5 Å². The van der Waals surface area contributed by atoms with E-state index in [0.717, 1.165) is 85.9 Å². The van der Waals surface area contributed by atoms with Crippen LogP contribution < -0.4 is 20.4 Å². The maximum atomic E-state index is 5.84. The van der Waals surface area contributed by atoms with Gasteiger partial charge in [0.1, 0.15) is 17.3 Å². The minimum atomic E-state index is 0.0152. The van der Waals surface area contributed by atoms with E-state index in [0.29, 0.717) is 11.4 Å². The smallest absolute Gasteiger partial charge is 0.229 e. The third-order valence-electron chi connectivity index (χ3n) is 8.10. The molecular formula is C27H32N10O. The van der Waals surface area contributed by atoms with Crippen LogP contribution in [0.15, 0.2) is 47.1 Å². The van der Waals surface area contributed by atoms with Gasteiger partial charge in [-0.2, -0.15) is 15.1 Å². The Labute approximate surface area is 221 Å². The minimum absolute atomic E-state index is 0.0152. The topological polar surface area (TPSA) is 124 Å². The second-order valence-electron chi connectivity index (χ2n) is 10.7. The van der Waals surface area contributed by atoms with Crippen molar-refractivity contribution >= 4 is 23.4 Å². The fourth-order valence-corrected chi connectivity index (χ4v) is 5.82. The highest BCUT2D eigenvalue weighted by molar-refractivity contribution is 5.61. The molecule has 3 aliphatic heterocycles. The van der Waals surface area contributed by atoms with Gasteiger partial charge in [-0.15, -0.1) is 0 Å². The highest BCUT2D eigenvalue weighted by Gasteiger charge is 2.40. The van der Waals surface area contributed by atoms with E-state index in [2.05, 4.69) is 40.8 Å². The van der Waals surface area contributed by atoms with Crippen molar-refractivity contribution in [3.8, 4) is 11.4 Å². The summed E-state index contributed by atoms with van der Waals surface area (Å²) in [4.78, 5) is 19.1. The summed E-state index contributed by atoms with van der Waals surface area (Å²) in [7, 11) is 0. The summed E-state index contributed by atoms with van der Waals surface area (Å²) in [5.41, 5.74) is 3.00. The van der Waals surface area contributed by atoms with Crippen LogP contribution in [0.4, 0.5) is 23.4 Å². The highest BCUT2D eigenvalue weighted by Crippen LogP contribution is 2.39. The lowest BCUT2D eigenvalue weighted by atomic mass is 9.73. The molecule has 3 aliphatic rings. The summed E-state index contributed by atoms with van der Waals surface area (Å²) in [6.45, 7) is 7.10. The lowest BCUT2D eigenvalue weighted by molar-refractivity contribution is 0.126. The molecule has 0 bridgehead atoms. The Morgan fingerprint density at radius 3 is 2.66 bits per heavy atom. The first kappa shape index (κ1) is 23.2. The molecular weight excluding hydrogens is 480 g/mol. The summed E-state index contributed by atoms with van der Waals surface area (Å²) in [6, 6.07) is 11.8. The van der Waals surface area contributed by atoms with Gasteiger partial charge in [0.2, 0.25) is 5.95 Å². The largest absolute Gasteiger partial charge is 0.358 e. The van der Waals surface area contributed by atoms with Crippen molar-refractivity contribution in [2.75, 3.05) is 47.8 Å². The molecule has 7 heterocycles. The van der Waals surface area contributed by atoms with E-state index < -0.39 is 0 Å². The van der Waals surface area contributed by atoms with Crippen molar-refractivity contribution in [3.05, 3.63) is 54.0 Å². The van der Waals surface area contributed by atoms with Crippen LogP contribution in [0, 0.1) is 12.3 Å². The van der Waals surface area contributed by atoms with E-state index in [1.165, 1.54) is 12.8 Å². The van der Waals surface area contributed by atoms with Gasteiger partial charge < -0.3 is 25.0 Å². The summed E-state index contributed by atoms with van der Waals surface area (Å²) >= 11 is 0. The fourth-order valence-electron chi connectivity index (χ4n) is 5.82. The molecule has 1 unspecified atom stereocenters. The zero-order valence-electron chi connectivity index (χ0n) is 21.5. The van der Waals surface area contributed by atoms with Gasteiger partial charge in [0.05, 0.1) is 11.7 Å². The molecule has 1 atom stereocenters. The lowest BCUT2D eigenvalue weighted by Crippen LogP contribution is -2.58. The maximum absolute atomic E-state index is 5.84. The third-order valence-corrected chi connectivity index (χ3v) is 8.10. The second kappa shape index (κ2) is 9.39. The van der Waals surface area contributed by atoms with E-state index in [9.17, 15) is 0 Å². The van der Waals surface area contributed by atoms with Crippen molar-refractivity contribution in [2.45, 2.75) is 38.6 Å². The number of nitrogens with one attached hydrogen (secondary N) is 3. The lowest BCUT2D eigenvalue weighted by Gasteiger charge is -2.48. The van der Waals surface area contributed by atoms with Crippen LogP contribution in [0.2, 0.25) is 0 Å². The molecule has 0 amide bonds. The first-order valence-electron chi connectivity index (χ1n) is 13.4. The number of piperidine rings is 1. The van der Waals surface area contributed by atoms with E-state index in [-0.39, 0.29) is 6.04 Å². The van der Waals surface area contributed by atoms with E-state index in [1.54, 1.807) is 6.20 Å². The summed E-state index contributed by atoms with van der Waals surface area (Å²) in [6.07, 6.45) is 6.11. The minimum Gasteiger partial charge on any atom is -0.358 e. The molecule has 3 fully saturated rings. The van der Waals surface area contributed by atoms with E-state index >= 15 is 0 Å². The van der Waals surface area contributed by atoms with Gasteiger partial charge in [0.15, 0.2) is 11.6 Å². The van der Waals surface area contributed by atoms with Gasteiger partial charge >= 0.3 is 0 Å². The summed E-state index contributed by atoms with van der Waals surface area (Å²) < 4.78 is 5.84. The molecule has 7 rings (SSSR count). The Morgan fingerprint density at radius 1 is 1.03 bits per heavy atom. The van der Waals surface area contributed by atoms with Crippen molar-refractivity contribution in [2.24, 2.45) is 5.41 Å². The number of anilines is 4. The van der Waals surface area contributed by atoms with Gasteiger partial charge in [-0.25, -0.2) is 0 Å². The molecule has 4 aromatic heterocycles. The quantitative estimate of drug-likeness (QED) is 0.351. The Morgan fingerprint density at radius 2 is 1.92 bits per heavy atom. The molecule has 4 aromatic rings. The SMILES string of the molecule is Cc1cc(Nc2cc(N3CCC4(CC3)CNC4)nc(N3CCCC3c3cc(-c4ccccn4)no3)n2)n[nH]1. The predicted molar refractivity (Wildman–Crippen MR) is 144 cm³/mol. The van der Waals surface area contributed by atoms with Crippen molar-refractivity contribution in [1.29, 1.82) is 0 Å². The molecule has 0 saturated carbocycles. The average molecular weight is 513 g/mol. The van der Waals surface area contributed by atoms with Gasteiger partial charge in [-0.3, -0.25) is 10.1 Å². The summed E-state index contributed by atoms with van der Waals surface area (Å²) in [5, 5.41) is 18.5. The molecule has 11 nitrogen and oxygen atoms in total. The predicted octanol–water partition coefficient (Wildman–Crippen LogP) is 3.83. The number of nitrogens with zero attached hydrogens (tertiary/aromatic N) is 7. The Hall–Kier alpha value is -3.99. The van der Waals surface area contributed by atoms with Crippen molar-refractivity contribution < 1.29 is 4.52 Å². The molecule has 0 aliphatic carbocycles. The molecule has 1 spiro atoms. The maximum Gasteiger partial charge on any atom is 0.229 e. The first-order valence-corrected chi connectivity index (χ1v) is 13.4. The van der Waals surface area contributed by atoms with Crippen molar-refractivity contribution in [1.82, 2.24) is 35.6 Å². The monoisotopic (exact) mass is 512 g/mol. The number of hydrogen-bond donors (Lipinski definition) is 3. The Kier molecular flexibility index (Phi) is 5.72. The highest BCUT2D eigenvalue weighted by atomic mass is 16.5. The number of pyridine rings is 1. The Bertz CT molecular complexity index is 1400. The molecule has 3 saturated heterocycles. The number of aryl methyl sites for hydroxylation is 1. The van der Waals surface area contributed by atoms with Crippen LogP contribution in [-0.2, 0) is 0 Å². The number of hydrogen-bond acceptors (Lipinski definition) is 10. The van der Waals surface area contributed by atoms with Crippen LogP contribution in [0.3, 0.4) is 0 Å². The van der Waals surface area contributed by atoms with Crippen LogP contribution in [-0.4, -0.2) is 63.0 Å². The molecule has 11 heteroatoms. The van der Waals surface area contributed by atoms with Gasteiger partial charge in [-0.05, 0) is 50.2 Å². The molecule has 0 radical (unpaired) electrons. The van der Waals surface area contributed by atoms with Crippen LogP contribution >= 0.6 is 0 Å². The van der Waals surface area contributed by atoms with Crippen LogP contribution in [0.5, 0.6) is 0 Å². The van der Waals surface area contributed by atoms with Crippen molar-refractivity contribution in [3.63, 3.8) is 0 Å². The molecule has 3 N–H and O–H groups in total. The van der Waals surface area contributed by atoms with E-state index in [1.807, 2.05) is 43.3 Å². The second-order valence-corrected chi connectivity index (χ2v) is 10.7. The Balaban J connectivity index is 1.19. The average Bonchev–Trinajstić information content (AvgIpc) is 3.69. The van der Waals surface area contributed by atoms with Crippen LogP contribution in [0.1, 0.15) is 43.2 Å². The van der Waals surface area contributed by atoms with Gasteiger partial charge in [0.25, 0.3) is 0 Å². The molecule has 196 valence electrons. The number of H-pyrrole nitrogens is 1. The molecule has 0 aromatic carbocycles. The van der Waals surface area contributed by atoms with Crippen LogP contribution in [0.25, 0.3) is 11.4 Å². The van der Waals surface area contributed by atoms with Gasteiger partial charge in [-0.1, -0.05) is 11.2 Å². The zero-order chi connectivity index (χ0) is 25.5. The first-order chi connectivity index (χ1) is 18.6. The zero-order valence-corrected chi connectivity index (χ0v) is 21.5.